The number of nitrogens with zero attached hydrogens (tertiary/aromatic N) is 1. The van der Waals surface area contributed by atoms with Crippen molar-refractivity contribution >= 4 is 27.3 Å². The number of sulfonamides is 1. The van der Waals surface area contributed by atoms with Gasteiger partial charge in [-0.25, -0.2) is 13.6 Å². The van der Waals surface area contributed by atoms with Crippen LogP contribution in [0.25, 0.3) is 0 Å². The Morgan fingerprint density at radius 3 is 2.57 bits per heavy atom. The lowest BCUT2D eigenvalue weighted by atomic mass is 10.1. The highest BCUT2D eigenvalue weighted by molar-refractivity contribution is 7.91. The van der Waals surface area contributed by atoms with Crippen molar-refractivity contribution in [3.63, 3.8) is 0 Å². The van der Waals surface area contributed by atoms with E-state index in [0.717, 1.165) is 16.2 Å². The molecule has 1 rings (SSSR count). The van der Waals surface area contributed by atoms with E-state index >= 15 is 0 Å². The third-order valence-electron chi connectivity index (χ3n) is 2.81. The first-order valence-electron chi connectivity index (χ1n) is 6.29. The highest BCUT2D eigenvalue weighted by Crippen LogP contribution is 2.19. The fraction of sp³-hybridized carbons (Fsp3) is 0.583. The molecule has 0 spiro atoms. The van der Waals surface area contributed by atoms with E-state index in [0.29, 0.717) is 19.0 Å². The molecule has 1 heterocycles. The first kappa shape index (κ1) is 17.9. The van der Waals surface area contributed by atoms with E-state index in [1.165, 1.54) is 6.07 Å². The molecule has 120 valence electrons. The maximum Gasteiger partial charge on any atom is 0.247 e. The van der Waals surface area contributed by atoms with E-state index in [-0.39, 0.29) is 9.81 Å². The van der Waals surface area contributed by atoms with Crippen LogP contribution in [0, 0.1) is 0 Å². The molecule has 0 amide bonds. The summed E-state index contributed by atoms with van der Waals surface area (Å²) >= 11 is 1.14. The molecule has 0 aliphatic heterocycles. The minimum Gasteiger partial charge on any atom is -0.377 e. The SMILES string of the molecule is CN=C(NCc1ccc(S(N)(=O)=O)s1)NCC(C)(C)OC. The van der Waals surface area contributed by atoms with Gasteiger partial charge in [-0.3, -0.25) is 4.99 Å². The Labute approximate surface area is 129 Å². The number of hydrogen-bond acceptors (Lipinski definition) is 5. The summed E-state index contributed by atoms with van der Waals surface area (Å²) in [4.78, 5) is 4.95. The van der Waals surface area contributed by atoms with Gasteiger partial charge in [0.1, 0.15) is 4.21 Å². The minimum absolute atomic E-state index is 0.155. The predicted molar refractivity (Wildman–Crippen MR) is 85.0 cm³/mol. The number of primary sulfonamides is 1. The molecule has 0 aliphatic rings. The van der Waals surface area contributed by atoms with Crippen LogP contribution in [0.1, 0.15) is 18.7 Å². The van der Waals surface area contributed by atoms with Crippen molar-refractivity contribution in [2.75, 3.05) is 20.7 Å². The Morgan fingerprint density at radius 2 is 2.10 bits per heavy atom. The van der Waals surface area contributed by atoms with Crippen LogP contribution in [0.4, 0.5) is 0 Å². The second-order valence-corrected chi connectivity index (χ2v) is 7.97. The minimum atomic E-state index is -3.63. The zero-order valence-electron chi connectivity index (χ0n) is 12.6. The third kappa shape index (κ3) is 6.00. The smallest absolute Gasteiger partial charge is 0.247 e. The highest BCUT2D eigenvalue weighted by atomic mass is 32.2. The Hall–Kier alpha value is -1.16. The van der Waals surface area contributed by atoms with Gasteiger partial charge in [0.25, 0.3) is 0 Å². The molecule has 1 aromatic rings. The molecule has 0 fully saturated rings. The van der Waals surface area contributed by atoms with Crippen LogP contribution in [-0.4, -0.2) is 40.7 Å². The molecule has 0 aliphatic carbocycles. The van der Waals surface area contributed by atoms with E-state index < -0.39 is 10.0 Å². The Balaban J connectivity index is 2.55. The summed E-state index contributed by atoms with van der Waals surface area (Å²) < 4.78 is 27.9. The molecule has 4 N–H and O–H groups in total. The van der Waals surface area contributed by atoms with Crippen LogP contribution >= 0.6 is 11.3 Å². The molecule has 0 unspecified atom stereocenters. The van der Waals surface area contributed by atoms with Crippen LogP contribution in [0.2, 0.25) is 0 Å². The van der Waals surface area contributed by atoms with Crippen molar-refractivity contribution in [3.05, 3.63) is 17.0 Å². The van der Waals surface area contributed by atoms with Crippen LogP contribution < -0.4 is 15.8 Å². The Bertz CT molecular complexity index is 593. The maximum atomic E-state index is 11.2. The van der Waals surface area contributed by atoms with Crippen LogP contribution in [0.3, 0.4) is 0 Å². The molecule has 9 heteroatoms. The highest BCUT2D eigenvalue weighted by Gasteiger charge is 2.16. The van der Waals surface area contributed by atoms with Crippen LogP contribution in [-0.2, 0) is 21.3 Å². The molecule has 7 nitrogen and oxygen atoms in total. The molecule has 1 aromatic heterocycles. The van der Waals surface area contributed by atoms with Crippen molar-refractivity contribution in [1.82, 2.24) is 10.6 Å². The fourth-order valence-electron chi connectivity index (χ4n) is 1.37. The number of methoxy groups -OCH3 is 1. The van der Waals surface area contributed by atoms with Gasteiger partial charge in [0.05, 0.1) is 12.1 Å². The fourth-order valence-corrected chi connectivity index (χ4v) is 3.08. The number of thiophene rings is 1. The normalized spacial score (nSPS) is 13.3. The number of nitrogens with two attached hydrogens (primary N) is 1. The summed E-state index contributed by atoms with van der Waals surface area (Å²) in [5, 5.41) is 11.3. The van der Waals surface area contributed by atoms with E-state index in [4.69, 9.17) is 9.88 Å². The van der Waals surface area contributed by atoms with Crippen molar-refractivity contribution in [3.8, 4) is 0 Å². The zero-order chi connectivity index (χ0) is 16.1. The average Bonchev–Trinajstić information content (AvgIpc) is 2.88. The predicted octanol–water partition coefficient (Wildman–Crippen LogP) is 0.486. The van der Waals surface area contributed by atoms with Gasteiger partial charge < -0.3 is 15.4 Å². The maximum absolute atomic E-state index is 11.2. The molecule has 0 saturated heterocycles. The van der Waals surface area contributed by atoms with E-state index in [1.807, 2.05) is 13.8 Å². The lowest BCUT2D eigenvalue weighted by Crippen LogP contribution is -2.44. The molecule has 0 saturated carbocycles. The molecule has 0 atom stereocenters. The summed E-state index contributed by atoms with van der Waals surface area (Å²) in [5.41, 5.74) is -0.304. The summed E-state index contributed by atoms with van der Waals surface area (Å²) in [6.07, 6.45) is 0. The lowest BCUT2D eigenvalue weighted by molar-refractivity contribution is 0.0268. The van der Waals surface area contributed by atoms with Gasteiger partial charge in [-0.05, 0) is 26.0 Å². The molecular formula is C12H22N4O3S2. The average molecular weight is 334 g/mol. The summed E-state index contributed by atoms with van der Waals surface area (Å²) in [7, 11) is -0.314. The molecule has 0 aromatic carbocycles. The Morgan fingerprint density at radius 1 is 1.43 bits per heavy atom. The summed E-state index contributed by atoms with van der Waals surface area (Å²) in [6.45, 7) is 4.99. The van der Waals surface area contributed by atoms with Gasteiger partial charge in [-0.1, -0.05) is 0 Å². The number of rotatable bonds is 6. The van der Waals surface area contributed by atoms with Gasteiger partial charge in [0, 0.05) is 25.6 Å². The molecular weight excluding hydrogens is 312 g/mol. The number of guanidine groups is 1. The monoisotopic (exact) mass is 334 g/mol. The molecule has 21 heavy (non-hydrogen) atoms. The first-order chi connectivity index (χ1) is 9.68. The van der Waals surface area contributed by atoms with E-state index in [1.54, 1.807) is 20.2 Å². The van der Waals surface area contributed by atoms with Gasteiger partial charge in [-0.2, -0.15) is 0 Å². The molecule has 0 radical (unpaired) electrons. The largest absolute Gasteiger partial charge is 0.377 e. The first-order valence-corrected chi connectivity index (χ1v) is 8.65. The second-order valence-electron chi connectivity index (χ2n) is 5.01. The number of hydrogen-bond donors (Lipinski definition) is 3. The lowest BCUT2D eigenvalue weighted by Gasteiger charge is -2.24. The van der Waals surface area contributed by atoms with Gasteiger partial charge >= 0.3 is 0 Å². The van der Waals surface area contributed by atoms with Crippen LogP contribution in [0.15, 0.2) is 21.3 Å². The third-order valence-corrected chi connectivity index (χ3v) is 5.33. The van der Waals surface area contributed by atoms with Gasteiger partial charge in [0.15, 0.2) is 5.96 Å². The van der Waals surface area contributed by atoms with Crippen molar-refractivity contribution in [2.24, 2.45) is 10.1 Å². The topological polar surface area (TPSA) is 106 Å². The second kappa shape index (κ2) is 7.21. The summed E-state index contributed by atoms with van der Waals surface area (Å²) in [5.74, 6) is 0.616. The zero-order valence-corrected chi connectivity index (χ0v) is 14.3. The number of ether oxygens (including phenoxy) is 1. The standard InChI is InChI=1S/C12H22N4O3S2/c1-12(2,19-4)8-16-11(14-3)15-7-9-5-6-10(20-9)21(13,17)18/h5-6H,7-8H2,1-4H3,(H2,13,17,18)(H2,14,15,16). The van der Waals surface area contributed by atoms with Crippen LogP contribution in [0.5, 0.6) is 0 Å². The van der Waals surface area contributed by atoms with Crippen molar-refractivity contribution in [2.45, 2.75) is 30.2 Å². The summed E-state index contributed by atoms with van der Waals surface area (Å²) in [6, 6.07) is 3.23. The Kier molecular flexibility index (Phi) is 6.14. The quantitative estimate of drug-likeness (QED) is 0.518. The molecule has 0 bridgehead atoms. The van der Waals surface area contributed by atoms with E-state index in [2.05, 4.69) is 15.6 Å². The van der Waals surface area contributed by atoms with E-state index in [9.17, 15) is 8.42 Å². The number of nitrogens with one attached hydrogen (secondary N) is 2. The van der Waals surface area contributed by atoms with Gasteiger partial charge in [0.2, 0.25) is 10.0 Å². The van der Waals surface area contributed by atoms with Gasteiger partial charge in [-0.15, -0.1) is 11.3 Å². The van der Waals surface area contributed by atoms with Crippen molar-refractivity contribution in [1.29, 1.82) is 0 Å². The number of aliphatic imine (C=N–C) groups is 1. The van der Waals surface area contributed by atoms with Crippen molar-refractivity contribution < 1.29 is 13.2 Å².